The number of nitrogen functional groups attached to an aromatic ring is 1. The third-order valence-electron chi connectivity index (χ3n) is 3.17. The summed E-state index contributed by atoms with van der Waals surface area (Å²) in [5, 5.41) is 7.13. The van der Waals surface area contributed by atoms with Gasteiger partial charge in [0.05, 0.1) is 5.69 Å². The number of nitrogens with one attached hydrogen (secondary N) is 1. The van der Waals surface area contributed by atoms with Crippen LogP contribution >= 0.6 is 0 Å². The lowest BCUT2D eigenvalue weighted by Gasteiger charge is -2.08. The molecule has 3 N–H and O–H groups in total. The van der Waals surface area contributed by atoms with Gasteiger partial charge in [0.1, 0.15) is 0 Å². The molecule has 2 rings (SSSR count). The predicted octanol–water partition coefficient (Wildman–Crippen LogP) is 1.55. The molecule has 19 heavy (non-hydrogen) atoms. The molecule has 5 heteroatoms. The number of aromatic nitrogens is 2. The van der Waals surface area contributed by atoms with Gasteiger partial charge in [0.2, 0.25) is 0 Å². The molecule has 0 radical (unpaired) electrons. The highest BCUT2D eigenvalue weighted by molar-refractivity contribution is 5.96. The number of nitrogens with two attached hydrogens (primary N) is 1. The quantitative estimate of drug-likeness (QED) is 0.820. The summed E-state index contributed by atoms with van der Waals surface area (Å²) in [6.07, 6.45) is 1.90. The van der Waals surface area contributed by atoms with Gasteiger partial charge >= 0.3 is 0 Å². The Balaban J connectivity index is 2.10. The molecule has 100 valence electrons. The van der Waals surface area contributed by atoms with Gasteiger partial charge in [0, 0.05) is 36.6 Å². The molecule has 5 nitrogen and oxygen atoms in total. The molecule has 0 unspecified atom stereocenters. The van der Waals surface area contributed by atoms with Gasteiger partial charge in [-0.3, -0.25) is 9.48 Å². The molecule has 0 bridgehead atoms. The maximum atomic E-state index is 12.1. The van der Waals surface area contributed by atoms with Crippen LogP contribution in [0.25, 0.3) is 0 Å². The van der Waals surface area contributed by atoms with E-state index in [4.69, 9.17) is 5.73 Å². The maximum Gasteiger partial charge on any atom is 0.251 e. The lowest BCUT2D eigenvalue weighted by molar-refractivity contribution is 0.0950. The molecule has 1 aromatic heterocycles. The van der Waals surface area contributed by atoms with Crippen LogP contribution in [0.15, 0.2) is 24.4 Å². The third-order valence-corrected chi connectivity index (χ3v) is 3.17. The van der Waals surface area contributed by atoms with E-state index in [-0.39, 0.29) is 5.91 Å². The highest BCUT2D eigenvalue weighted by atomic mass is 16.1. The Bertz CT molecular complexity index is 616. The van der Waals surface area contributed by atoms with Crippen LogP contribution in [0.1, 0.15) is 27.2 Å². The maximum absolute atomic E-state index is 12.1. The summed E-state index contributed by atoms with van der Waals surface area (Å²) in [5.74, 6) is -0.118. The van der Waals surface area contributed by atoms with Crippen molar-refractivity contribution in [1.82, 2.24) is 15.1 Å². The number of hydrogen-bond acceptors (Lipinski definition) is 3. The minimum Gasteiger partial charge on any atom is -0.398 e. The Morgan fingerprint density at radius 3 is 2.79 bits per heavy atom. The SMILES string of the molecule is Cc1nn(C)cc1CNC(=O)c1cccc(N)c1C. The van der Waals surface area contributed by atoms with Crippen molar-refractivity contribution in [2.75, 3.05) is 5.73 Å². The number of carbonyl (C=O) groups is 1. The molecule has 0 atom stereocenters. The lowest BCUT2D eigenvalue weighted by atomic mass is 10.1. The smallest absolute Gasteiger partial charge is 0.251 e. The standard InChI is InChI=1S/C14H18N4O/c1-9-12(5-4-6-13(9)15)14(19)16-7-11-8-18(3)17-10(11)2/h4-6,8H,7,15H2,1-3H3,(H,16,19). The summed E-state index contributed by atoms with van der Waals surface area (Å²) >= 11 is 0. The zero-order chi connectivity index (χ0) is 14.0. The van der Waals surface area contributed by atoms with Crippen molar-refractivity contribution in [1.29, 1.82) is 0 Å². The van der Waals surface area contributed by atoms with Crippen LogP contribution in [0.5, 0.6) is 0 Å². The van der Waals surface area contributed by atoms with Crippen LogP contribution < -0.4 is 11.1 Å². The van der Waals surface area contributed by atoms with Crippen LogP contribution in [0.4, 0.5) is 5.69 Å². The Morgan fingerprint density at radius 2 is 2.16 bits per heavy atom. The van der Waals surface area contributed by atoms with E-state index in [0.29, 0.717) is 17.8 Å². The van der Waals surface area contributed by atoms with E-state index < -0.39 is 0 Å². The first-order chi connectivity index (χ1) is 8.99. The van der Waals surface area contributed by atoms with Crippen LogP contribution in [0.2, 0.25) is 0 Å². The van der Waals surface area contributed by atoms with Crippen molar-refractivity contribution in [3.05, 3.63) is 46.8 Å². The Hall–Kier alpha value is -2.30. The highest BCUT2D eigenvalue weighted by Crippen LogP contribution is 2.15. The Labute approximate surface area is 112 Å². The van der Waals surface area contributed by atoms with Crippen molar-refractivity contribution in [2.45, 2.75) is 20.4 Å². The van der Waals surface area contributed by atoms with Crippen molar-refractivity contribution in [3.8, 4) is 0 Å². The first-order valence-electron chi connectivity index (χ1n) is 6.11. The molecule has 0 saturated heterocycles. The van der Waals surface area contributed by atoms with Crippen molar-refractivity contribution >= 4 is 11.6 Å². The topological polar surface area (TPSA) is 72.9 Å². The molecule has 0 aliphatic heterocycles. The fourth-order valence-corrected chi connectivity index (χ4v) is 1.99. The summed E-state index contributed by atoms with van der Waals surface area (Å²) in [6, 6.07) is 5.35. The Kier molecular flexibility index (Phi) is 3.55. The zero-order valence-electron chi connectivity index (χ0n) is 11.4. The monoisotopic (exact) mass is 258 g/mol. The fraction of sp³-hybridized carbons (Fsp3) is 0.286. The zero-order valence-corrected chi connectivity index (χ0v) is 11.4. The van der Waals surface area contributed by atoms with Gasteiger partial charge in [-0.15, -0.1) is 0 Å². The van der Waals surface area contributed by atoms with Crippen molar-refractivity contribution < 1.29 is 4.79 Å². The molecule has 2 aromatic rings. The lowest BCUT2D eigenvalue weighted by Crippen LogP contribution is -2.24. The Morgan fingerprint density at radius 1 is 1.42 bits per heavy atom. The minimum atomic E-state index is -0.118. The number of anilines is 1. The second-order valence-corrected chi connectivity index (χ2v) is 4.62. The van der Waals surface area contributed by atoms with Gasteiger partial charge in [-0.1, -0.05) is 6.07 Å². The van der Waals surface area contributed by atoms with Crippen LogP contribution in [-0.2, 0) is 13.6 Å². The second kappa shape index (κ2) is 5.14. The molecule has 1 amide bonds. The molecule has 0 saturated carbocycles. The number of nitrogens with zero attached hydrogens (tertiary/aromatic N) is 2. The number of carbonyl (C=O) groups excluding carboxylic acids is 1. The first kappa shape index (κ1) is 13.1. The van der Waals surface area contributed by atoms with Crippen LogP contribution in [0, 0.1) is 13.8 Å². The van der Waals surface area contributed by atoms with Crippen molar-refractivity contribution in [3.63, 3.8) is 0 Å². The van der Waals surface area contributed by atoms with E-state index in [9.17, 15) is 4.79 Å². The summed E-state index contributed by atoms with van der Waals surface area (Å²) in [7, 11) is 1.86. The van der Waals surface area contributed by atoms with E-state index in [1.165, 1.54) is 0 Å². The molecular formula is C14H18N4O. The predicted molar refractivity (Wildman–Crippen MR) is 74.7 cm³/mol. The van der Waals surface area contributed by atoms with Crippen LogP contribution in [-0.4, -0.2) is 15.7 Å². The second-order valence-electron chi connectivity index (χ2n) is 4.62. The van der Waals surface area contributed by atoms with Gasteiger partial charge in [0.15, 0.2) is 0 Å². The third kappa shape index (κ3) is 2.76. The number of aryl methyl sites for hydroxylation is 2. The summed E-state index contributed by atoms with van der Waals surface area (Å²) < 4.78 is 1.74. The average molecular weight is 258 g/mol. The van der Waals surface area contributed by atoms with Crippen LogP contribution in [0.3, 0.4) is 0 Å². The minimum absolute atomic E-state index is 0.118. The van der Waals surface area contributed by atoms with Gasteiger partial charge in [-0.05, 0) is 31.5 Å². The van der Waals surface area contributed by atoms with Gasteiger partial charge < -0.3 is 11.1 Å². The number of benzene rings is 1. The van der Waals surface area contributed by atoms with Gasteiger partial charge in [0.25, 0.3) is 5.91 Å². The van der Waals surface area contributed by atoms with E-state index in [2.05, 4.69) is 10.4 Å². The van der Waals surface area contributed by atoms with E-state index in [0.717, 1.165) is 16.8 Å². The summed E-state index contributed by atoms with van der Waals surface area (Å²) in [4.78, 5) is 12.1. The molecule has 0 aliphatic carbocycles. The molecule has 1 heterocycles. The van der Waals surface area contributed by atoms with E-state index in [1.807, 2.05) is 27.1 Å². The normalized spacial score (nSPS) is 10.5. The first-order valence-corrected chi connectivity index (χ1v) is 6.11. The van der Waals surface area contributed by atoms with Gasteiger partial charge in [-0.2, -0.15) is 5.10 Å². The summed E-state index contributed by atoms with van der Waals surface area (Å²) in [5.41, 5.74) is 9.79. The number of amides is 1. The van der Waals surface area contributed by atoms with Gasteiger partial charge in [-0.25, -0.2) is 0 Å². The molecule has 0 spiro atoms. The van der Waals surface area contributed by atoms with Crippen molar-refractivity contribution in [2.24, 2.45) is 7.05 Å². The van der Waals surface area contributed by atoms with E-state index in [1.54, 1.807) is 22.9 Å². The van der Waals surface area contributed by atoms with E-state index >= 15 is 0 Å². The molecule has 0 aliphatic rings. The molecular weight excluding hydrogens is 240 g/mol. The largest absolute Gasteiger partial charge is 0.398 e. The number of hydrogen-bond donors (Lipinski definition) is 2. The summed E-state index contributed by atoms with van der Waals surface area (Å²) in [6.45, 7) is 4.24. The average Bonchev–Trinajstić information content (AvgIpc) is 2.68. The molecule has 1 aromatic carbocycles. The fourth-order valence-electron chi connectivity index (χ4n) is 1.99. The highest BCUT2D eigenvalue weighted by Gasteiger charge is 2.11. The number of rotatable bonds is 3. The molecule has 0 fully saturated rings.